The molecular weight excluding hydrogens is 589 g/mol. The van der Waals surface area contributed by atoms with Gasteiger partial charge in [0.2, 0.25) is 0 Å². The molecule has 3 aliphatic rings. The van der Waals surface area contributed by atoms with Gasteiger partial charge in [0.1, 0.15) is 0 Å². The average Bonchev–Trinajstić information content (AvgIpc) is 3.27. The molecule has 0 aliphatic carbocycles. The zero-order chi connectivity index (χ0) is 31.1. The number of carboxylic acid groups (broad SMARTS) is 1. The number of likely N-dealkylation sites (tertiary alicyclic amines) is 2. The molecule has 0 radical (unpaired) electrons. The van der Waals surface area contributed by atoms with Crippen molar-refractivity contribution >= 4 is 17.7 Å². The van der Waals surface area contributed by atoms with E-state index >= 15 is 0 Å². The number of carbonyl (C=O) groups excluding carboxylic acids is 1. The van der Waals surface area contributed by atoms with Crippen molar-refractivity contribution in [3.63, 3.8) is 0 Å². The van der Waals surface area contributed by atoms with Crippen molar-refractivity contribution in [3.8, 4) is 0 Å². The van der Waals surface area contributed by atoms with Gasteiger partial charge in [0, 0.05) is 45.0 Å². The minimum atomic E-state index is -5.81. The second kappa shape index (κ2) is 11.6. The molecule has 3 heterocycles. The molecule has 0 aromatic heterocycles. The van der Waals surface area contributed by atoms with Crippen molar-refractivity contribution in [2.75, 3.05) is 44.2 Å². The Balaban J connectivity index is 1.42. The van der Waals surface area contributed by atoms with Crippen LogP contribution in [0.15, 0.2) is 18.2 Å². The number of ether oxygens (including phenoxy) is 1. The molecule has 3 saturated heterocycles. The third-order valence-electron chi connectivity index (χ3n) is 8.33. The highest BCUT2D eigenvalue weighted by molar-refractivity contribution is 5.71. The highest BCUT2D eigenvalue weighted by atomic mass is 19.4. The summed E-state index contributed by atoms with van der Waals surface area (Å²) in [5, 5.41) is 9.45. The molecule has 1 amide bonds. The van der Waals surface area contributed by atoms with Gasteiger partial charge < -0.3 is 19.6 Å². The number of carboxylic acids is 1. The van der Waals surface area contributed by atoms with E-state index in [9.17, 15) is 54.2 Å². The molecule has 1 atom stereocenters. The molecule has 42 heavy (non-hydrogen) atoms. The van der Waals surface area contributed by atoms with Crippen molar-refractivity contribution < 1.29 is 58.9 Å². The van der Waals surface area contributed by atoms with Crippen molar-refractivity contribution in [1.29, 1.82) is 0 Å². The second-order valence-electron chi connectivity index (χ2n) is 11.3. The second-order valence-corrected chi connectivity index (χ2v) is 11.3. The molecule has 1 aromatic rings. The molecule has 236 valence electrons. The molecule has 0 unspecified atom stereocenters. The topological polar surface area (TPSA) is 73.3 Å². The number of alkyl halides is 9. The van der Waals surface area contributed by atoms with Crippen LogP contribution >= 0.6 is 0 Å². The molecule has 0 bridgehead atoms. The average molecular weight is 620 g/mol. The van der Waals surface area contributed by atoms with E-state index in [0.29, 0.717) is 63.0 Å². The van der Waals surface area contributed by atoms with Crippen LogP contribution in [-0.2, 0) is 22.3 Å². The van der Waals surface area contributed by atoms with Gasteiger partial charge in [-0.3, -0.25) is 9.69 Å². The summed E-state index contributed by atoms with van der Waals surface area (Å²) >= 11 is 0. The molecule has 3 fully saturated rings. The Morgan fingerprint density at radius 2 is 1.57 bits per heavy atom. The fourth-order valence-corrected chi connectivity index (χ4v) is 6.04. The molecule has 1 spiro atoms. The fraction of sp³-hybridized carbons (Fsp3) is 0.692. The number of hydrogen-bond acceptors (Lipinski definition) is 5. The Morgan fingerprint density at radius 1 is 0.952 bits per heavy atom. The lowest BCUT2D eigenvalue weighted by molar-refractivity contribution is -0.308. The summed E-state index contributed by atoms with van der Waals surface area (Å²) in [7, 11) is 0. The van der Waals surface area contributed by atoms with Gasteiger partial charge in [-0.05, 0) is 61.8 Å². The summed E-state index contributed by atoms with van der Waals surface area (Å²) in [6, 6.07) is 3.39. The highest BCUT2D eigenvalue weighted by Gasteiger charge is 2.60. The summed E-state index contributed by atoms with van der Waals surface area (Å²) in [6.45, 7) is 1.51. The van der Waals surface area contributed by atoms with Gasteiger partial charge >= 0.3 is 30.6 Å². The number of benzene rings is 1. The van der Waals surface area contributed by atoms with Crippen LogP contribution in [-0.4, -0.2) is 84.7 Å². The fourth-order valence-electron chi connectivity index (χ4n) is 6.04. The zero-order valence-electron chi connectivity index (χ0n) is 22.3. The van der Waals surface area contributed by atoms with Gasteiger partial charge in [0.15, 0.2) is 0 Å². The Bertz CT molecular complexity index is 1130. The van der Waals surface area contributed by atoms with Crippen molar-refractivity contribution in [3.05, 3.63) is 29.3 Å². The van der Waals surface area contributed by atoms with Crippen molar-refractivity contribution in [2.45, 2.75) is 63.3 Å². The van der Waals surface area contributed by atoms with E-state index in [1.807, 2.05) is 4.90 Å². The van der Waals surface area contributed by atoms with Crippen LogP contribution in [0, 0.1) is 11.3 Å². The third-order valence-corrected chi connectivity index (χ3v) is 8.33. The third kappa shape index (κ3) is 7.35. The number of anilines is 1. The van der Waals surface area contributed by atoms with Crippen LogP contribution in [0.4, 0.5) is 50.0 Å². The normalized spacial score (nSPS) is 22.2. The first kappa shape index (κ1) is 32.0. The minimum absolute atomic E-state index is 0.0725. The van der Waals surface area contributed by atoms with Crippen molar-refractivity contribution in [2.24, 2.45) is 11.3 Å². The summed E-state index contributed by atoms with van der Waals surface area (Å²) in [6.07, 6.45) is -20.0. The standard InChI is InChI=1S/C26H30F9N3O4/c27-24(28,29)18-4-3-16(19(12-18)38-8-1-2-17(14-38)20(39)40)13-36-9-5-23(15-36)6-10-37(11-7-23)22(41)42-21(25(30,31)32)26(33,34)35/h3-4,12,17,21H,1-2,5-11,13-15H2,(H,39,40)/t17-/m0/s1. The Morgan fingerprint density at radius 3 is 2.14 bits per heavy atom. The molecule has 4 rings (SSSR count). The first-order valence-electron chi connectivity index (χ1n) is 13.4. The van der Waals surface area contributed by atoms with Gasteiger partial charge in [0.05, 0.1) is 11.5 Å². The largest absolute Gasteiger partial charge is 0.481 e. The molecule has 3 aliphatic heterocycles. The van der Waals surface area contributed by atoms with Gasteiger partial charge in [0.25, 0.3) is 6.10 Å². The van der Waals surface area contributed by atoms with E-state index in [0.717, 1.165) is 17.0 Å². The maximum atomic E-state index is 13.5. The van der Waals surface area contributed by atoms with Crippen LogP contribution in [0.2, 0.25) is 0 Å². The highest BCUT2D eigenvalue weighted by Crippen LogP contribution is 2.43. The minimum Gasteiger partial charge on any atom is -0.481 e. The van der Waals surface area contributed by atoms with Gasteiger partial charge in [-0.15, -0.1) is 0 Å². The summed E-state index contributed by atoms with van der Waals surface area (Å²) < 4.78 is 121. The number of hydrogen-bond donors (Lipinski definition) is 1. The van der Waals surface area contributed by atoms with Crippen LogP contribution in [0.3, 0.4) is 0 Å². The number of aliphatic carboxylic acids is 1. The first-order valence-corrected chi connectivity index (χ1v) is 13.4. The van der Waals surface area contributed by atoms with Crippen LogP contribution < -0.4 is 4.90 Å². The Labute approximate surface area is 235 Å². The number of piperidine rings is 2. The van der Waals surface area contributed by atoms with Gasteiger partial charge in [-0.1, -0.05) is 6.07 Å². The Kier molecular flexibility index (Phi) is 8.87. The van der Waals surface area contributed by atoms with E-state index in [1.54, 1.807) is 4.90 Å². The molecule has 7 nitrogen and oxygen atoms in total. The molecule has 1 N–H and O–H groups in total. The molecule has 1 aromatic carbocycles. The zero-order valence-corrected chi connectivity index (χ0v) is 22.3. The predicted octanol–water partition coefficient (Wildman–Crippen LogP) is 5.92. The van der Waals surface area contributed by atoms with Gasteiger partial charge in [-0.25, -0.2) is 4.79 Å². The van der Waals surface area contributed by atoms with Crippen molar-refractivity contribution in [1.82, 2.24) is 9.80 Å². The number of amides is 1. The van der Waals surface area contributed by atoms with Crippen LogP contribution in [0.25, 0.3) is 0 Å². The molecule has 0 saturated carbocycles. The van der Waals surface area contributed by atoms with Gasteiger partial charge in [-0.2, -0.15) is 39.5 Å². The van der Waals surface area contributed by atoms with Crippen LogP contribution in [0.1, 0.15) is 43.2 Å². The molecular formula is C26H30F9N3O4. The van der Waals surface area contributed by atoms with Crippen LogP contribution in [0.5, 0.6) is 0 Å². The van der Waals surface area contributed by atoms with E-state index in [1.165, 1.54) is 6.07 Å². The van der Waals surface area contributed by atoms with E-state index < -0.39 is 48.2 Å². The number of nitrogens with zero attached hydrogens (tertiary/aromatic N) is 3. The summed E-state index contributed by atoms with van der Waals surface area (Å²) in [4.78, 5) is 28.2. The summed E-state index contributed by atoms with van der Waals surface area (Å²) in [5.41, 5.74) is -0.347. The smallest absolute Gasteiger partial charge is 0.434 e. The molecule has 16 heteroatoms. The lowest BCUT2D eigenvalue weighted by Crippen LogP contribution is -2.50. The maximum absolute atomic E-state index is 13.5. The maximum Gasteiger partial charge on any atom is 0.434 e. The number of carbonyl (C=O) groups is 2. The predicted molar refractivity (Wildman–Crippen MR) is 130 cm³/mol. The van der Waals surface area contributed by atoms with E-state index in [4.69, 9.17) is 0 Å². The quantitative estimate of drug-likeness (QED) is 0.413. The number of halogens is 9. The Hall–Kier alpha value is -2.91. The summed E-state index contributed by atoms with van der Waals surface area (Å²) in [5.74, 6) is -1.73. The SMILES string of the molecule is O=C(O)[C@H]1CCCN(c2cc(C(F)(F)F)ccc2CN2CCC3(CCN(C(=O)OC(C(F)(F)F)C(F)(F)F)CC3)C2)C1. The van der Waals surface area contributed by atoms with E-state index in [2.05, 4.69) is 4.74 Å². The number of rotatable bonds is 5. The first-order chi connectivity index (χ1) is 19.4. The lowest BCUT2D eigenvalue weighted by atomic mass is 9.78. The lowest BCUT2D eigenvalue weighted by Gasteiger charge is -2.39. The monoisotopic (exact) mass is 619 g/mol. The van der Waals surface area contributed by atoms with E-state index in [-0.39, 0.29) is 31.6 Å².